The number of hydrogen-bond acceptors (Lipinski definition) is 4. The van der Waals surface area contributed by atoms with Crippen LogP contribution in [0.3, 0.4) is 0 Å². The van der Waals surface area contributed by atoms with E-state index in [0.717, 1.165) is 6.54 Å². The molecule has 4 heteroatoms. The second kappa shape index (κ2) is 7.01. The Morgan fingerprint density at radius 3 is 2.61 bits per heavy atom. The Kier molecular flexibility index (Phi) is 5.65. The highest BCUT2D eigenvalue weighted by atomic mass is 16.5. The van der Waals surface area contributed by atoms with Crippen LogP contribution in [0.15, 0.2) is 18.2 Å². The number of ether oxygens (including phenoxy) is 2. The Hall–Kier alpha value is -1.55. The first-order valence-electron chi connectivity index (χ1n) is 6.11. The maximum absolute atomic E-state index is 12.2. The normalized spacial score (nSPS) is 12.0. The summed E-state index contributed by atoms with van der Waals surface area (Å²) in [5, 5.41) is 3.22. The molecule has 0 heterocycles. The second-order valence-corrected chi connectivity index (χ2v) is 4.15. The molecule has 0 aliphatic carbocycles. The van der Waals surface area contributed by atoms with Crippen molar-refractivity contribution >= 4 is 5.78 Å². The minimum absolute atomic E-state index is 0.0548. The molecule has 0 amide bonds. The Bertz CT molecular complexity index is 404. The average molecular weight is 251 g/mol. The standard InChI is InChI=1S/C14H21NO3/c1-5-15-10(2)8-13(16)12-9-11(17-3)6-7-14(12)18-4/h6-7,9-10,15H,5,8H2,1-4H3. The van der Waals surface area contributed by atoms with Crippen LogP contribution in [0.4, 0.5) is 0 Å². The number of rotatable bonds is 7. The zero-order valence-corrected chi connectivity index (χ0v) is 11.4. The highest BCUT2D eigenvalue weighted by Gasteiger charge is 2.16. The number of Topliss-reactive ketones (excluding diaryl/α,β-unsaturated/α-hetero) is 1. The second-order valence-electron chi connectivity index (χ2n) is 4.15. The van der Waals surface area contributed by atoms with E-state index < -0.39 is 0 Å². The van der Waals surface area contributed by atoms with Crippen LogP contribution in [0.5, 0.6) is 11.5 Å². The van der Waals surface area contributed by atoms with E-state index in [1.807, 2.05) is 13.8 Å². The summed E-state index contributed by atoms with van der Waals surface area (Å²) in [7, 11) is 3.14. The highest BCUT2D eigenvalue weighted by Crippen LogP contribution is 2.25. The molecule has 0 aromatic heterocycles. The summed E-state index contributed by atoms with van der Waals surface area (Å²) in [4.78, 5) is 12.2. The average Bonchev–Trinajstić information content (AvgIpc) is 2.38. The van der Waals surface area contributed by atoms with E-state index >= 15 is 0 Å². The van der Waals surface area contributed by atoms with Gasteiger partial charge in [-0.05, 0) is 31.7 Å². The maximum atomic E-state index is 12.2. The van der Waals surface area contributed by atoms with Crippen LogP contribution in [0.1, 0.15) is 30.6 Å². The molecule has 0 radical (unpaired) electrons. The van der Waals surface area contributed by atoms with Crippen molar-refractivity contribution in [2.75, 3.05) is 20.8 Å². The van der Waals surface area contributed by atoms with Crippen molar-refractivity contribution in [2.24, 2.45) is 0 Å². The summed E-state index contributed by atoms with van der Waals surface area (Å²) in [5.41, 5.74) is 0.571. The van der Waals surface area contributed by atoms with Crippen molar-refractivity contribution in [1.82, 2.24) is 5.32 Å². The topological polar surface area (TPSA) is 47.6 Å². The van der Waals surface area contributed by atoms with E-state index in [9.17, 15) is 4.79 Å². The highest BCUT2D eigenvalue weighted by molar-refractivity contribution is 5.99. The first-order valence-corrected chi connectivity index (χ1v) is 6.11. The van der Waals surface area contributed by atoms with Gasteiger partial charge in [-0.2, -0.15) is 0 Å². The number of benzene rings is 1. The van der Waals surface area contributed by atoms with E-state index in [2.05, 4.69) is 5.32 Å². The Labute approximate surface area is 108 Å². The minimum atomic E-state index is 0.0548. The molecule has 18 heavy (non-hydrogen) atoms. The molecule has 1 aromatic rings. The summed E-state index contributed by atoms with van der Waals surface area (Å²) < 4.78 is 10.3. The van der Waals surface area contributed by atoms with Crippen molar-refractivity contribution in [3.05, 3.63) is 23.8 Å². The lowest BCUT2D eigenvalue weighted by Gasteiger charge is -2.13. The van der Waals surface area contributed by atoms with Gasteiger partial charge in [-0.1, -0.05) is 6.92 Å². The third-order valence-corrected chi connectivity index (χ3v) is 2.75. The largest absolute Gasteiger partial charge is 0.497 e. The zero-order chi connectivity index (χ0) is 13.5. The zero-order valence-electron chi connectivity index (χ0n) is 11.4. The van der Waals surface area contributed by atoms with Crippen LogP contribution in [-0.2, 0) is 0 Å². The summed E-state index contributed by atoms with van der Waals surface area (Å²) in [6.45, 7) is 4.87. The first-order chi connectivity index (χ1) is 8.62. The molecule has 1 aromatic carbocycles. The molecule has 4 nitrogen and oxygen atoms in total. The lowest BCUT2D eigenvalue weighted by atomic mass is 10.0. The van der Waals surface area contributed by atoms with E-state index in [1.54, 1.807) is 32.4 Å². The van der Waals surface area contributed by atoms with Gasteiger partial charge < -0.3 is 14.8 Å². The third kappa shape index (κ3) is 3.74. The Morgan fingerprint density at radius 1 is 1.33 bits per heavy atom. The summed E-state index contributed by atoms with van der Waals surface area (Å²) in [6, 6.07) is 5.41. The number of methoxy groups -OCH3 is 2. The molecular weight excluding hydrogens is 230 g/mol. The molecule has 0 aliphatic heterocycles. The molecule has 1 unspecified atom stereocenters. The first kappa shape index (κ1) is 14.5. The van der Waals surface area contributed by atoms with Crippen molar-refractivity contribution in [3.63, 3.8) is 0 Å². The summed E-state index contributed by atoms with van der Waals surface area (Å²) in [6.07, 6.45) is 0.442. The molecule has 0 bridgehead atoms. The fourth-order valence-corrected chi connectivity index (χ4v) is 1.84. The van der Waals surface area contributed by atoms with Gasteiger partial charge in [0.05, 0.1) is 19.8 Å². The van der Waals surface area contributed by atoms with Crippen LogP contribution >= 0.6 is 0 Å². The molecule has 0 aliphatic rings. The number of nitrogens with one attached hydrogen (secondary N) is 1. The quantitative estimate of drug-likeness (QED) is 0.755. The molecule has 0 saturated heterocycles. The van der Waals surface area contributed by atoms with Crippen LogP contribution in [0.2, 0.25) is 0 Å². The molecule has 1 N–H and O–H groups in total. The summed E-state index contributed by atoms with van der Waals surface area (Å²) in [5.74, 6) is 1.30. The van der Waals surface area contributed by atoms with E-state index in [0.29, 0.717) is 23.5 Å². The van der Waals surface area contributed by atoms with Gasteiger partial charge in [0.25, 0.3) is 0 Å². The lowest BCUT2D eigenvalue weighted by Crippen LogP contribution is -2.28. The van der Waals surface area contributed by atoms with Gasteiger partial charge in [0, 0.05) is 12.5 Å². The predicted molar refractivity (Wildman–Crippen MR) is 71.6 cm³/mol. The fourth-order valence-electron chi connectivity index (χ4n) is 1.84. The number of carbonyl (C=O) groups excluding carboxylic acids is 1. The summed E-state index contributed by atoms with van der Waals surface area (Å²) >= 11 is 0. The van der Waals surface area contributed by atoms with Gasteiger partial charge in [-0.3, -0.25) is 4.79 Å². The SMILES string of the molecule is CCNC(C)CC(=O)c1cc(OC)ccc1OC. The Morgan fingerprint density at radius 2 is 2.06 bits per heavy atom. The van der Waals surface area contributed by atoms with Gasteiger partial charge in [0.2, 0.25) is 0 Å². The van der Waals surface area contributed by atoms with Crippen molar-refractivity contribution in [2.45, 2.75) is 26.3 Å². The van der Waals surface area contributed by atoms with Crippen molar-refractivity contribution < 1.29 is 14.3 Å². The fraction of sp³-hybridized carbons (Fsp3) is 0.500. The Balaban J connectivity index is 2.88. The molecule has 1 rings (SSSR count). The molecule has 0 saturated carbocycles. The van der Waals surface area contributed by atoms with Gasteiger partial charge in [0.15, 0.2) is 5.78 Å². The monoisotopic (exact) mass is 251 g/mol. The number of carbonyl (C=O) groups is 1. The van der Waals surface area contributed by atoms with E-state index in [1.165, 1.54) is 0 Å². The molecule has 0 spiro atoms. The predicted octanol–water partition coefficient (Wildman–Crippen LogP) is 2.27. The van der Waals surface area contributed by atoms with Crippen LogP contribution < -0.4 is 14.8 Å². The smallest absolute Gasteiger partial charge is 0.168 e. The number of ketones is 1. The molecule has 1 atom stereocenters. The van der Waals surface area contributed by atoms with Crippen molar-refractivity contribution in [3.8, 4) is 11.5 Å². The van der Waals surface area contributed by atoms with Gasteiger partial charge >= 0.3 is 0 Å². The van der Waals surface area contributed by atoms with Crippen molar-refractivity contribution in [1.29, 1.82) is 0 Å². The van der Waals surface area contributed by atoms with Gasteiger partial charge in [-0.25, -0.2) is 0 Å². The van der Waals surface area contributed by atoms with Crippen LogP contribution in [0.25, 0.3) is 0 Å². The molecular formula is C14H21NO3. The minimum Gasteiger partial charge on any atom is -0.497 e. The molecule has 0 fully saturated rings. The third-order valence-electron chi connectivity index (χ3n) is 2.75. The van der Waals surface area contributed by atoms with Crippen LogP contribution in [-0.4, -0.2) is 32.6 Å². The molecule has 100 valence electrons. The number of hydrogen-bond donors (Lipinski definition) is 1. The van der Waals surface area contributed by atoms with Gasteiger partial charge in [-0.15, -0.1) is 0 Å². The van der Waals surface area contributed by atoms with E-state index in [-0.39, 0.29) is 11.8 Å². The maximum Gasteiger partial charge on any atom is 0.168 e. The van der Waals surface area contributed by atoms with Crippen LogP contribution in [0, 0.1) is 0 Å². The van der Waals surface area contributed by atoms with E-state index in [4.69, 9.17) is 9.47 Å². The lowest BCUT2D eigenvalue weighted by molar-refractivity contribution is 0.0968. The van der Waals surface area contributed by atoms with Gasteiger partial charge in [0.1, 0.15) is 11.5 Å².